The van der Waals surface area contributed by atoms with Crippen LogP contribution in [-0.4, -0.2) is 12.6 Å². The Morgan fingerprint density at radius 3 is 2.62 bits per heavy atom. The molecule has 0 aromatic heterocycles. The van der Waals surface area contributed by atoms with Crippen LogP contribution in [0.1, 0.15) is 51.9 Å². The lowest BCUT2D eigenvalue weighted by Gasteiger charge is -2.19. The van der Waals surface area contributed by atoms with Gasteiger partial charge >= 0.3 is 5.97 Å². The highest BCUT2D eigenvalue weighted by Gasteiger charge is 2.17. The Morgan fingerprint density at radius 2 is 2.00 bits per heavy atom. The van der Waals surface area contributed by atoms with E-state index in [0.29, 0.717) is 13.0 Å². The van der Waals surface area contributed by atoms with Crippen molar-refractivity contribution in [2.45, 2.75) is 51.9 Å². The van der Waals surface area contributed by atoms with E-state index >= 15 is 0 Å². The van der Waals surface area contributed by atoms with Crippen molar-refractivity contribution in [3.63, 3.8) is 0 Å². The van der Waals surface area contributed by atoms with E-state index < -0.39 is 0 Å². The van der Waals surface area contributed by atoms with Gasteiger partial charge in [0, 0.05) is 0 Å². The zero-order valence-corrected chi connectivity index (χ0v) is 8.47. The van der Waals surface area contributed by atoms with E-state index in [2.05, 4.69) is 0 Å². The van der Waals surface area contributed by atoms with Crippen LogP contribution in [0.3, 0.4) is 0 Å². The van der Waals surface area contributed by atoms with Crippen molar-refractivity contribution in [2.24, 2.45) is 0 Å². The molecule has 0 amide bonds. The molecule has 0 aromatic carbocycles. The van der Waals surface area contributed by atoms with E-state index in [1.165, 1.54) is 25.2 Å². The molecule has 13 heavy (non-hydrogen) atoms. The van der Waals surface area contributed by atoms with Crippen molar-refractivity contribution < 1.29 is 9.53 Å². The van der Waals surface area contributed by atoms with Gasteiger partial charge in [-0.2, -0.15) is 0 Å². The number of ether oxygens (including phenoxy) is 1. The third-order valence-corrected chi connectivity index (χ3v) is 2.42. The number of hydrogen-bond acceptors (Lipinski definition) is 2. The summed E-state index contributed by atoms with van der Waals surface area (Å²) in [5.74, 6) is 1.37. The van der Waals surface area contributed by atoms with Crippen molar-refractivity contribution in [3.8, 4) is 0 Å². The first-order valence-corrected chi connectivity index (χ1v) is 5.32. The van der Waals surface area contributed by atoms with E-state index in [9.17, 15) is 4.79 Å². The van der Waals surface area contributed by atoms with Gasteiger partial charge in [-0.15, -0.1) is 0 Å². The van der Waals surface area contributed by atoms with Crippen molar-refractivity contribution in [2.75, 3.05) is 6.61 Å². The molecule has 0 unspecified atom stereocenters. The topological polar surface area (TPSA) is 26.3 Å². The molecule has 0 atom stereocenters. The molecular formula is C11H19O2. The average molecular weight is 183 g/mol. The summed E-state index contributed by atoms with van der Waals surface area (Å²) >= 11 is 0. The van der Waals surface area contributed by atoms with Crippen molar-refractivity contribution in [1.82, 2.24) is 0 Å². The highest BCUT2D eigenvalue weighted by Crippen LogP contribution is 2.28. The first-order chi connectivity index (χ1) is 6.33. The summed E-state index contributed by atoms with van der Waals surface area (Å²) in [5, 5.41) is 0. The van der Waals surface area contributed by atoms with Crippen LogP contribution in [-0.2, 0) is 9.53 Å². The molecule has 0 aromatic rings. The highest BCUT2D eigenvalue weighted by atomic mass is 16.5. The van der Waals surface area contributed by atoms with E-state index in [0.717, 1.165) is 19.3 Å². The average Bonchev–Trinajstić information content (AvgIpc) is 2.16. The predicted molar refractivity (Wildman–Crippen MR) is 52.2 cm³/mol. The van der Waals surface area contributed by atoms with Crippen molar-refractivity contribution in [3.05, 3.63) is 5.92 Å². The van der Waals surface area contributed by atoms with E-state index in [4.69, 9.17) is 4.74 Å². The third kappa shape index (κ3) is 4.30. The van der Waals surface area contributed by atoms with E-state index in [-0.39, 0.29) is 5.97 Å². The lowest BCUT2D eigenvalue weighted by Crippen LogP contribution is -2.13. The Labute approximate surface area is 80.7 Å². The lowest BCUT2D eigenvalue weighted by molar-refractivity contribution is -0.143. The van der Waals surface area contributed by atoms with Gasteiger partial charge in [0.1, 0.15) is 0 Å². The minimum Gasteiger partial charge on any atom is -0.466 e. The fraction of sp³-hybridized carbons (Fsp3) is 0.818. The van der Waals surface area contributed by atoms with Crippen LogP contribution in [0.25, 0.3) is 0 Å². The van der Waals surface area contributed by atoms with Crippen LogP contribution in [0.15, 0.2) is 0 Å². The van der Waals surface area contributed by atoms with Crippen LogP contribution < -0.4 is 0 Å². The summed E-state index contributed by atoms with van der Waals surface area (Å²) in [7, 11) is 0. The lowest BCUT2D eigenvalue weighted by atomic mass is 9.87. The van der Waals surface area contributed by atoms with Gasteiger partial charge in [-0.3, -0.25) is 4.79 Å². The van der Waals surface area contributed by atoms with Crippen LogP contribution in [0.2, 0.25) is 0 Å². The Kier molecular flexibility index (Phi) is 4.87. The van der Waals surface area contributed by atoms with E-state index in [1.807, 2.05) is 6.92 Å². The van der Waals surface area contributed by atoms with Gasteiger partial charge in [-0.05, 0) is 25.2 Å². The summed E-state index contributed by atoms with van der Waals surface area (Å²) in [6.07, 6.45) is 7.61. The van der Waals surface area contributed by atoms with Crippen LogP contribution >= 0.6 is 0 Å². The molecule has 2 nitrogen and oxygen atoms in total. The van der Waals surface area contributed by atoms with Crippen molar-refractivity contribution in [1.29, 1.82) is 0 Å². The third-order valence-electron chi connectivity index (χ3n) is 2.42. The highest BCUT2D eigenvalue weighted by molar-refractivity contribution is 5.71. The van der Waals surface area contributed by atoms with Crippen LogP contribution in [0, 0.1) is 5.92 Å². The SMILES string of the molecule is CCCOC(=O)C[C]1CCCCC1. The van der Waals surface area contributed by atoms with Gasteiger partial charge in [0.05, 0.1) is 13.0 Å². The smallest absolute Gasteiger partial charge is 0.306 e. The number of carbonyl (C=O) groups is 1. The maximum absolute atomic E-state index is 11.2. The van der Waals surface area contributed by atoms with Gasteiger partial charge in [-0.1, -0.05) is 26.2 Å². The minimum atomic E-state index is -0.0289. The fourth-order valence-corrected chi connectivity index (χ4v) is 1.70. The maximum Gasteiger partial charge on any atom is 0.306 e. The number of carbonyl (C=O) groups excluding carboxylic acids is 1. The number of rotatable bonds is 4. The molecule has 0 spiro atoms. The summed E-state index contributed by atoms with van der Waals surface area (Å²) in [6.45, 7) is 2.59. The van der Waals surface area contributed by atoms with Crippen LogP contribution in [0.5, 0.6) is 0 Å². The molecule has 2 heteroatoms. The second kappa shape index (κ2) is 6.01. The Morgan fingerprint density at radius 1 is 1.31 bits per heavy atom. The summed E-state index contributed by atoms with van der Waals surface area (Å²) in [5.41, 5.74) is 0. The predicted octanol–water partition coefficient (Wildman–Crippen LogP) is 2.87. The van der Waals surface area contributed by atoms with Gasteiger partial charge in [0.15, 0.2) is 0 Å². The molecular weight excluding hydrogens is 164 g/mol. The zero-order valence-electron chi connectivity index (χ0n) is 8.47. The molecule has 1 aliphatic carbocycles. The Bertz CT molecular complexity index is 148. The molecule has 0 N–H and O–H groups in total. The van der Waals surface area contributed by atoms with Gasteiger partial charge in [-0.25, -0.2) is 0 Å². The molecule has 0 bridgehead atoms. The molecule has 0 saturated heterocycles. The summed E-state index contributed by atoms with van der Waals surface area (Å²) < 4.78 is 5.03. The Balaban J connectivity index is 2.11. The van der Waals surface area contributed by atoms with E-state index in [1.54, 1.807) is 0 Å². The molecule has 0 heterocycles. The van der Waals surface area contributed by atoms with Gasteiger partial charge in [0.25, 0.3) is 0 Å². The maximum atomic E-state index is 11.2. The molecule has 1 radical (unpaired) electrons. The minimum absolute atomic E-state index is 0.0289. The monoisotopic (exact) mass is 183 g/mol. The normalized spacial score (nSPS) is 18.5. The number of hydrogen-bond donors (Lipinski definition) is 0. The summed E-state index contributed by atoms with van der Waals surface area (Å²) in [4.78, 5) is 11.2. The van der Waals surface area contributed by atoms with Crippen molar-refractivity contribution >= 4 is 5.97 Å². The molecule has 1 fully saturated rings. The summed E-state index contributed by atoms with van der Waals surface area (Å²) in [6, 6.07) is 0. The first kappa shape index (κ1) is 10.6. The Hall–Kier alpha value is -0.530. The quantitative estimate of drug-likeness (QED) is 0.626. The molecule has 0 aliphatic heterocycles. The largest absolute Gasteiger partial charge is 0.466 e. The second-order valence-corrected chi connectivity index (χ2v) is 3.71. The van der Waals surface area contributed by atoms with Gasteiger partial charge < -0.3 is 4.74 Å². The number of esters is 1. The molecule has 75 valence electrons. The second-order valence-electron chi connectivity index (χ2n) is 3.71. The molecule has 1 aliphatic rings. The molecule has 1 rings (SSSR count). The van der Waals surface area contributed by atoms with Crippen LogP contribution in [0.4, 0.5) is 0 Å². The van der Waals surface area contributed by atoms with Gasteiger partial charge in [0.2, 0.25) is 0 Å². The zero-order chi connectivity index (χ0) is 9.52. The molecule has 1 saturated carbocycles. The first-order valence-electron chi connectivity index (χ1n) is 5.32. The fourth-order valence-electron chi connectivity index (χ4n) is 1.70. The standard InChI is InChI=1S/C11H19O2/c1-2-8-13-11(12)9-10-6-4-3-5-7-10/h2-9H2,1H3.